The molecule has 0 fully saturated rings. The Bertz CT molecular complexity index is 846. The number of benzene rings is 2. The molecule has 0 aliphatic rings. The van der Waals surface area contributed by atoms with Gasteiger partial charge in [-0.2, -0.15) is 5.26 Å². The van der Waals surface area contributed by atoms with Crippen LogP contribution in [0.2, 0.25) is 0 Å². The maximum absolute atomic E-state index is 13.3. The topological polar surface area (TPSA) is 49.0 Å². The number of nitrogens with zero attached hydrogens (tertiary/aromatic N) is 1. The van der Waals surface area contributed by atoms with Gasteiger partial charge < -0.3 is 9.73 Å². The molecule has 104 valence electrons. The van der Waals surface area contributed by atoms with Crippen LogP contribution in [0.4, 0.5) is 10.1 Å². The van der Waals surface area contributed by atoms with Gasteiger partial charge in [-0.05, 0) is 31.2 Å². The summed E-state index contributed by atoms with van der Waals surface area (Å²) in [5.41, 5.74) is 2.66. The molecular formula is C17H13FN2O. The van der Waals surface area contributed by atoms with Gasteiger partial charge in [0.05, 0.1) is 5.56 Å². The Hall–Kier alpha value is -2.80. The lowest BCUT2D eigenvalue weighted by Crippen LogP contribution is -2.00. The number of para-hydroxylation sites is 1. The van der Waals surface area contributed by atoms with Gasteiger partial charge in [0.25, 0.3) is 0 Å². The molecule has 0 aliphatic heterocycles. The molecule has 0 saturated heterocycles. The Morgan fingerprint density at radius 3 is 2.86 bits per heavy atom. The van der Waals surface area contributed by atoms with Crippen LogP contribution in [0.15, 0.2) is 46.9 Å². The highest BCUT2D eigenvalue weighted by molar-refractivity contribution is 5.82. The third kappa shape index (κ3) is 2.46. The predicted molar refractivity (Wildman–Crippen MR) is 79.4 cm³/mol. The summed E-state index contributed by atoms with van der Waals surface area (Å²) >= 11 is 0. The molecule has 0 saturated carbocycles. The highest BCUT2D eigenvalue weighted by Crippen LogP contribution is 2.26. The number of hydrogen-bond donors (Lipinski definition) is 1. The first-order valence-electron chi connectivity index (χ1n) is 6.59. The molecule has 0 radical (unpaired) electrons. The van der Waals surface area contributed by atoms with E-state index in [1.54, 1.807) is 6.07 Å². The summed E-state index contributed by atoms with van der Waals surface area (Å²) < 4.78 is 19.0. The molecule has 21 heavy (non-hydrogen) atoms. The molecule has 1 aromatic heterocycles. The summed E-state index contributed by atoms with van der Waals surface area (Å²) in [6, 6.07) is 14.1. The summed E-state index contributed by atoms with van der Waals surface area (Å²) in [5, 5.41) is 13.1. The second-order valence-electron chi connectivity index (χ2n) is 4.79. The minimum atomic E-state index is -0.506. The van der Waals surface area contributed by atoms with Crippen LogP contribution in [0.3, 0.4) is 0 Å². The quantitative estimate of drug-likeness (QED) is 0.775. The SMILES string of the molecule is Cc1oc2ccccc2c1CNc1ccc(F)c(C#N)c1. The molecule has 4 heteroatoms. The minimum Gasteiger partial charge on any atom is -0.461 e. The minimum absolute atomic E-state index is 0.0359. The van der Waals surface area contributed by atoms with Crippen LogP contribution in [0.25, 0.3) is 11.0 Å². The van der Waals surface area contributed by atoms with E-state index in [-0.39, 0.29) is 5.56 Å². The van der Waals surface area contributed by atoms with Gasteiger partial charge in [0, 0.05) is 23.2 Å². The van der Waals surface area contributed by atoms with Crippen LogP contribution in [0.1, 0.15) is 16.9 Å². The number of furan rings is 1. The van der Waals surface area contributed by atoms with E-state index in [4.69, 9.17) is 9.68 Å². The Morgan fingerprint density at radius 1 is 1.24 bits per heavy atom. The Morgan fingerprint density at radius 2 is 2.05 bits per heavy atom. The monoisotopic (exact) mass is 280 g/mol. The van der Waals surface area contributed by atoms with Crippen LogP contribution < -0.4 is 5.32 Å². The fourth-order valence-electron chi connectivity index (χ4n) is 2.35. The van der Waals surface area contributed by atoms with Crippen molar-refractivity contribution in [3.8, 4) is 6.07 Å². The Kier molecular flexibility index (Phi) is 3.33. The first-order valence-corrected chi connectivity index (χ1v) is 6.59. The lowest BCUT2D eigenvalue weighted by atomic mass is 10.1. The van der Waals surface area contributed by atoms with Crippen molar-refractivity contribution in [1.82, 2.24) is 0 Å². The van der Waals surface area contributed by atoms with Crippen molar-refractivity contribution in [2.24, 2.45) is 0 Å². The second kappa shape index (κ2) is 5.29. The van der Waals surface area contributed by atoms with E-state index in [2.05, 4.69) is 5.32 Å². The molecule has 3 aromatic rings. The van der Waals surface area contributed by atoms with E-state index < -0.39 is 5.82 Å². The lowest BCUT2D eigenvalue weighted by molar-refractivity contribution is 0.573. The summed E-state index contributed by atoms with van der Waals surface area (Å²) in [4.78, 5) is 0. The summed E-state index contributed by atoms with van der Waals surface area (Å²) in [6.07, 6.45) is 0. The van der Waals surface area contributed by atoms with Crippen LogP contribution in [0, 0.1) is 24.1 Å². The van der Waals surface area contributed by atoms with E-state index >= 15 is 0 Å². The molecule has 0 bridgehead atoms. The van der Waals surface area contributed by atoms with Crippen molar-refractivity contribution < 1.29 is 8.81 Å². The van der Waals surface area contributed by atoms with Gasteiger partial charge in [0.15, 0.2) is 0 Å². The second-order valence-corrected chi connectivity index (χ2v) is 4.79. The lowest BCUT2D eigenvalue weighted by Gasteiger charge is -2.07. The van der Waals surface area contributed by atoms with Gasteiger partial charge in [0.1, 0.15) is 23.2 Å². The van der Waals surface area contributed by atoms with Gasteiger partial charge in [0.2, 0.25) is 0 Å². The number of nitrogens with one attached hydrogen (secondary N) is 1. The Balaban J connectivity index is 1.87. The van der Waals surface area contributed by atoms with Crippen molar-refractivity contribution in [2.45, 2.75) is 13.5 Å². The molecule has 3 rings (SSSR count). The average Bonchev–Trinajstić information content (AvgIpc) is 2.82. The molecule has 0 atom stereocenters. The molecule has 3 nitrogen and oxygen atoms in total. The van der Waals surface area contributed by atoms with Gasteiger partial charge in [-0.15, -0.1) is 0 Å². The van der Waals surface area contributed by atoms with E-state index in [1.165, 1.54) is 12.1 Å². The number of aryl methyl sites for hydroxylation is 1. The highest BCUT2D eigenvalue weighted by Gasteiger charge is 2.10. The fourth-order valence-corrected chi connectivity index (χ4v) is 2.35. The van der Waals surface area contributed by atoms with Crippen molar-refractivity contribution in [2.75, 3.05) is 5.32 Å². The van der Waals surface area contributed by atoms with E-state index in [0.29, 0.717) is 12.2 Å². The summed E-state index contributed by atoms with van der Waals surface area (Å²) in [5.74, 6) is 0.347. The zero-order chi connectivity index (χ0) is 14.8. The smallest absolute Gasteiger partial charge is 0.141 e. The average molecular weight is 280 g/mol. The van der Waals surface area contributed by atoms with Crippen LogP contribution in [-0.4, -0.2) is 0 Å². The first kappa shape index (κ1) is 13.2. The molecule has 0 amide bonds. The van der Waals surface area contributed by atoms with Crippen LogP contribution >= 0.6 is 0 Å². The molecule has 0 aliphatic carbocycles. The highest BCUT2D eigenvalue weighted by atomic mass is 19.1. The zero-order valence-electron chi connectivity index (χ0n) is 11.5. The number of hydrogen-bond acceptors (Lipinski definition) is 3. The predicted octanol–water partition coefficient (Wildman–Crippen LogP) is 4.36. The van der Waals surface area contributed by atoms with Gasteiger partial charge in [-0.25, -0.2) is 4.39 Å². The third-order valence-corrected chi connectivity index (χ3v) is 3.46. The van der Waals surface area contributed by atoms with Gasteiger partial charge >= 0.3 is 0 Å². The Labute approximate surface area is 121 Å². The van der Waals surface area contributed by atoms with Crippen LogP contribution in [0.5, 0.6) is 0 Å². The number of anilines is 1. The maximum Gasteiger partial charge on any atom is 0.141 e. The largest absolute Gasteiger partial charge is 0.461 e. The molecule has 0 spiro atoms. The van der Waals surface area contributed by atoms with Crippen molar-refractivity contribution in [3.63, 3.8) is 0 Å². The van der Waals surface area contributed by atoms with Gasteiger partial charge in [-0.1, -0.05) is 18.2 Å². The molecular weight excluding hydrogens is 267 g/mol. The fraction of sp³-hybridized carbons (Fsp3) is 0.118. The zero-order valence-corrected chi connectivity index (χ0v) is 11.5. The molecule has 1 heterocycles. The maximum atomic E-state index is 13.3. The van der Waals surface area contributed by atoms with Crippen LogP contribution in [-0.2, 0) is 6.54 Å². The van der Waals surface area contributed by atoms with Gasteiger partial charge in [-0.3, -0.25) is 0 Å². The number of nitriles is 1. The number of halogens is 1. The van der Waals surface area contributed by atoms with Crippen molar-refractivity contribution in [1.29, 1.82) is 5.26 Å². The molecule has 2 aromatic carbocycles. The van der Waals surface area contributed by atoms with E-state index in [0.717, 1.165) is 22.3 Å². The number of fused-ring (bicyclic) bond motifs is 1. The molecule has 1 N–H and O–H groups in total. The third-order valence-electron chi connectivity index (χ3n) is 3.46. The standard InChI is InChI=1S/C17H13FN2O/c1-11-15(14-4-2-3-5-17(14)21-11)10-20-13-6-7-16(18)12(8-13)9-19/h2-8,20H,10H2,1H3. The van der Waals surface area contributed by atoms with E-state index in [1.807, 2.05) is 37.3 Å². The molecule has 0 unspecified atom stereocenters. The summed E-state index contributed by atoms with van der Waals surface area (Å²) in [6.45, 7) is 2.47. The summed E-state index contributed by atoms with van der Waals surface area (Å²) in [7, 11) is 0. The normalized spacial score (nSPS) is 10.5. The van der Waals surface area contributed by atoms with Crippen molar-refractivity contribution >= 4 is 16.7 Å². The first-order chi connectivity index (χ1) is 10.2. The van der Waals surface area contributed by atoms with E-state index in [9.17, 15) is 4.39 Å². The van der Waals surface area contributed by atoms with Crippen molar-refractivity contribution in [3.05, 3.63) is 65.2 Å². The number of rotatable bonds is 3.